The average molecular weight is 225 g/mol. The van der Waals surface area contributed by atoms with Crippen molar-refractivity contribution >= 4 is 16.7 Å². The summed E-state index contributed by atoms with van der Waals surface area (Å²) in [5.41, 5.74) is 8.31. The maximum atomic E-state index is 5.62. The predicted octanol–water partition coefficient (Wildman–Crippen LogP) is 1.61. The summed E-state index contributed by atoms with van der Waals surface area (Å²) in [4.78, 5) is 8.57. The average Bonchev–Trinajstić information content (AvgIpc) is 2.75. The highest BCUT2D eigenvalue weighted by Crippen LogP contribution is 2.20. The summed E-state index contributed by atoms with van der Waals surface area (Å²) in [6.45, 7) is 0. The molecule has 2 N–H and O–H groups in total. The molecule has 0 atom stereocenters. The SMILES string of the molecule is Cn1cc(-c2cc3ccc(N)nc3cn2)cn1. The van der Waals surface area contributed by atoms with Crippen LogP contribution in [0.5, 0.6) is 0 Å². The number of aryl methyl sites for hydroxylation is 1. The van der Waals surface area contributed by atoms with E-state index in [2.05, 4.69) is 15.1 Å². The van der Waals surface area contributed by atoms with Gasteiger partial charge in [-0.25, -0.2) is 4.98 Å². The van der Waals surface area contributed by atoms with Gasteiger partial charge in [-0.15, -0.1) is 0 Å². The fourth-order valence-corrected chi connectivity index (χ4v) is 1.75. The molecule has 0 radical (unpaired) electrons. The van der Waals surface area contributed by atoms with Crippen LogP contribution < -0.4 is 5.73 Å². The Labute approximate surface area is 97.9 Å². The Morgan fingerprint density at radius 1 is 1.24 bits per heavy atom. The van der Waals surface area contributed by atoms with Gasteiger partial charge in [0.1, 0.15) is 5.82 Å². The molecule has 3 aromatic rings. The van der Waals surface area contributed by atoms with Crippen molar-refractivity contribution in [2.75, 3.05) is 5.73 Å². The number of hydrogen-bond donors (Lipinski definition) is 1. The normalized spacial score (nSPS) is 10.9. The summed E-state index contributed by atoms with van der Waals surface area (Å²) in [5.74, 6) is 0.508. The fraction of sp³-hybridized carbons (Fsp3) is 0.0833. The Hall–Kier alpha value is -2.43. The molecule has 0 aromatic carbocycles. The van der Waals surface area contributed by atoms with Crippen molar-refractivity contribution in [3.05, 3.63) is 36.8 Å². The molecule has 0 bridgehead atoms. The number of nitrogens with two attached hydrogens (primary N) is 1. The Kier molecular flexibility index (Phi) is 2.04. The molecule has 84 valence electrons. The maximum Gasteiger partial charge on any atom is 0.124 e. The van der Waals surface area contributed by atoms with Crippen molar-refractivity contribution in [3.8, 4) is 11.3 Å². The zero-order chi connectivity index (χ0) is 11.8. The first-order valence-electron chi connectivity index (χ1n) is 5.24. The molecule has 5 nitrogen and oxygen atoms in total. The second-order valence-electron chi connectivity index (χ2n) is 3.90. The first kappa shape index (κ1) is 9.77. The first-order valence-corrected chi connectivity index (χ1v) is 5.24. The third-order valence-electron chi connectivity index (χ3n) is 2.60. The Morgan fingerprint density at radius 3 is 2.88 bits per heavy atom. The van der Waals surface area contributed by atoms with Gasteiger partial charge < -0.3 is 5.73 Å². The van der Waals surface area contributed by atoms with E-state index >= 15 is 0 Å². The summed E-state index contributed by atoms with van der Waals surface area (Å²) >= 11 is 0. The van der Waals surface area contributed by atoms with Crippen LogP contribution in [0.3, 0.4) is 0 Å². The van der Waals surface area contributed by atoms with E-state index in [1.54, 1.807) is 23.1 Å². The van der Waals surface area contributed by atoms with Crippen molar-refractivity contribution in [2.45, 2.75) is 0 Å². The number of nitrogens with zero attached hydrogens (tertiary/aromatic N) is 4. The van der Waals surface area contributed by atoms with Gasteiger partial charge in [-0.3, -0.25) is 9.67 Å². The third kappa shape index (κ3) is 1.71. The molecular weight excluding hydrogens is 214 g/mol. The molecule has 3 rings (SSSR count). The molecule has 0 spiro atoms. The minimum atomic E-state index is 0.508. The smallest absolute Gasteiger partial charge is 0.124 e. The van der Waals surface area contributed by atoms with Gasteiger partial charge in [0.2, 0.25) is 0 Å². The van der Waals surface area contributed by atoms with Crippen LogP contribution in [0.1, 0.15) is 0 Å². The number of anilines is 1. The van der Waals surface area contributed by atoms with E-state index in [1.165, 1.54) is 0 Å². The molecule has 3 aromatic heterocycles. The van der Waals surface area contributed by atoms with Crippen molar-refractivity contribution in [1.29, 1.82) is 0 Å². The summed E-state index contributed by atoms with van der Waals surface area (Å²) in [7, 11) is 1.88. The van der Waals surface area contributed by atoms with Crippen molar-refractivity contribution in [1.82, 2.24) is 19.7 Å². The van der Waals surface area contributed by atoms with Crippen molar-refractivity contribution in [2.24, 2.45) is 7.05 Å². The van der Waals surface area contributed by atoms with E-state index in [-0.39, 0.29) is 0 Å². The summed E-state index contributed by atoms with van der Waals surface area (Å²) < 4.78 is 1.75. The van der Waals surface area contributed by atoms with E-state index in [9.17, 15) is 0 Å². The summed E-state index contributed by atoms with van der Waals surface area (Å²) in [6, 6.07) is 5.72. The van der Waals surface area contributed by atoms with E-state index in [1.807, 2.05) is 25.4 Å². The standard InChI is InChI=1S/C12H11N5/c1-17-7-9(5-15-17)10-4-8-2-3-12(13)16-11(8)6-14-10/h2-7H,1H3,(H2,13,16). The van der Waals surface area contributed by atoms with Gasteiger partial charge in [-0.05, 0) is 18.2 Å². The van der Waals surface area contributed by atoms with E-state index in [0.29, 0.717) is 5.82 Å². The van der Waals surface area contributed by atoms with Gasteiger partial charge in [0.15, 0.2) is 0 Å². The van der Waals surface area contributed by atoms with Gasteiger partial charge in [0.25, 0.3) is 0 Å². The second-order valence-corrected chi connectivity index (χ2v) is 3.90. The second kappa shape index (κ2) is 3.55. The highest BCUT2D eigenvalue weighted by Gasteiger charge is 2.04. The van der Waals surface area contributed by atoms with E-state index < -0.39 is 0 Å². The number of pyridine rings is 2. The largest absolute Gasteiger partial charge is 0.384 e. The molecule has 0 unspecified atom stereocenters. The molecular formula is C12H11N5. The Bertz CT molecular complexity index is 686. The fourth-order valence-electron chi connectivity index (χ4n) is 1.75. The number of rotatable bonds is 1. The maximum absolute atomic E-state index is 5.62. The Morgan fingerprint density at radius 2 is 2.12 bits per heavy atom. The highest BCUT2D eigenvalue weighted by atomic mass is 15.2. The lowest BCUT2D eigenvalue weighted by Crippen LogP contribution is -1.91. The van der Waals surface area contributed by atoms with Crippen LogP contribution in [-0.2, 0) is 7.05 Å². The van der Waals surface area contributed by atoms with Gasteiger partial charge in [0, 0.05) is 24.2 Å². The van der Waals surface area contributed by atoms with Gasteiger partial charge in [-0.1, -0.05) is 0 Å². The lowest BCUT2D eigenvalue weighted by molar-refractivity contribution is 0.768. The van der Waals surface area contributed by atoms with Crippen LogP contribution in [0.2, 0.25) is 0 Å². The first-order chi connectivity index (χ1) is 8.22. The zero-order valence-corrected chi connectivity index (χ0v) is 9.33. The molecule has 0 amide bonds. The molecule has 17 heavy (non-hydrogen) atoms. The number of fused-ring (bicyclic) bond motifs is 1. The van der Waals surface area contributed by atoms with Gasteiger partial charge >= 0.3 is 0 Å². The van der Waals surface area contributed by atoms with Gasteiger partial charge in [0.05, 0.1) is 23.6 Å². The lowest BCUT2D eigenvalue weighted by Gasteiger charge is -2.01. The van der Waals surface area contributed by atoms with E-state index in [4.69, 9.17) is 5.73 Å². The predicted molar refractivity (Wildman–Crippen MR) is 66.2 cm³/mol. The summed E-state index contributed by atoms with van der Waals surface area (Å²) in [6.07, 6.45) is 5.45. The van der Waals surface area contributed by atoms with Crippen LogP contribution in [0.15, 0.2) is 36.8 Å². The molecule has 0 saturated carbocycles. The quantitative estimate of drug-likeness (QED) is 0.683. The van der Waals surface area contributed by atoms with Crippen molar-refractivity contribution in [3.63, 3.8) is 0 Å². The highest BCUT2D eigenvalue weighted by molar-refractivity contribution is 5.82. The van der Waals surface area contributed by atoms with Crippen LogP contribution in [0.4, 0.5) is 5.82 Å². The summed E-state index contributed by atoms with van der Waals surface area (Å²) in [5, 5.41) is 5.15. The molecule has 5 heteroatoms. The number of hydrogen-bond acceptors (Lipinski definition) is 4. The zero-order valence-electron chi connectivity index (χ0n) is 9.33. The molecule has 0 aliphatic heterocycles. The van der Waals surface area contributed by atoms with Crippen LogP contribution in [0, 0.1) is 0 Å². The minimum Gasteiger partial charge on any atom is -0.384 e. The monoisotopic (exact) mass is 225 g/mol. The number of nitrogen functional groups attached to an aromatic ring is 1. The Balaban J connectivity index is 2.16. The van der Waals surface area contributed by atoms with Crippen LogP contribution >= 0.6 is 0 Å². The topological polar surface area (TPSA) is 69.6 Å². The van der Waals surface area contributed by atoms with Crippen LogP contribution in [-0.4, -0.2) is 19.7 Å². The molecule has 0 fully saturated rings. The van der Waals surface area contributed by atoms with E-state index in [0.717, 1.165) is 22.2 Å². The molecule has 0 saturated heterocycles. The molecule has 0 aliphatic carbocycles. The lowest BCUT2D eigenvalue weighted by atomic mass is 10.2. The number of aromatic nitrogens is 4. The van der Waals surface area contributed by atoms with Gasteiger partial charge in [-0.2, -0.15) is 5.10 Å². The van der Waals surface area contributed by atoms with Crippen LogP contribution in [0.25, 0.3) is 22.2 Å². The molecule has 3 heterocycles. The minimum absolute atomic E-state index is 0.508. The molecule has 0 aliphatic rings. The third-order valence-corrected chi connectivity index (χ3v) is 2.60. The van der Waals surface area contributed by atoms with Crippen molar-refractivity contribution < 1.29 is 0 Å².